The molecular weight excluding hydrogens is 690 g/mol. The van der Waals surface area contributed by atoms with Crippen LogP contribution in [0, 0.1) is 6.08 Å². The SMILES string of the molecule is CC(C)(C)c1cc2[cH-]c3cc(C(C)(C)C)c(C(C)(C)C)cc3c2cc1C(C)(C)C.Clc1ccc([CH]=[Zr+2])cc1.[C-]1=CC=CC1.[Cl-].[Cl-]. The molecule has 0 spiro atoms. The normalized spacial score (nSPS) is 13.0. The molecule has 0 fully saturated rings. The van der Waals surface area contributed by atoms with Gasteiger partial charge in [0.15, 0.2) is 0 Å². The molecule has 0 atom stereocenters. The van der Waals surface area contributed by atoms with Gasteiger partial charge in [0.1, 0.15) is 0 Å². The minimum absolute atomic E-state index is 0. The van der Waals surface area contributed by atoms with E-state index in [-0.39, 0.29) is 46.5 Å². The molecule has 0 amide bonds. The van der Waals surface area contributed by atoms with Crippen molar-refractivity contribution >= 4 is 36.9 Å². The van der Waals surface area contributed by atoms with Gasteiger partial charge in [0.05, 0.1) is 0 Å². The molecule has 0 radical (unpaired) electrons. The standard InChI is InChI=1S/C29H41.C7H5Cl.C5H5.2ClH.Zr/c1-26(2,3)22-14-18-13-19-15-23(27(4,5)6)25(29(10,11)12)17-21(19)20(18)16-24(22)28(7,8)9;1-6-2-4-7(8)5-3-6;1-2-4-5-3-1;;;/h13-17H,1-12H3;1-5H;1-3H,4H2;2*1H;/q-1;;-1;;;+2/p-2. The monoisotopic (exact) mass is 738 g/mol. The molecule has 0 aromatic heterocycles. The topological polar surface area (TPSA) is 0 Å². The molecule has 0 N–H and O–H groups in total. The zero-order valence-electron chi connectivity index (χ0n) is 29.3. The summed E-state index contributed by atoms with van der Waals surface area (Å²) in [6.45, 7) is 28.0. The summed E-state index contributed by atoms with van der Waals surface area (Å²) in [6.07, 6.45) is 10.0. The van der Waals surface area contributed by atoms with Crippen LogP contribution in [0.1, 0.15) is 117 Å². The van der Waals surface area contributed by atoms with Crippen LogP contribution in [0.5, 0.6) is 0 Å². The number of fused-ring (bicyclic) bond motifs is 3. The van der Waals surface area contributed by atoms with E-state index >= 15 is 0 Å². The minimum atomic E-state index is 0. The molecule has 0 bridgehead atoms. The molecule has 1 aliphatic rings. The number of allylic oxidation sites excluding steroid dienone is 4. The van der Waals surface area contributed by atoms with Gasteiger partial charge in [0.2, 0.25) is 0 Å². The Bertz CT molecular complexity index is 1530. The molecule has 4 aromatic carbocycles. The van der Waals surface area contributed by atoms with Crippen LogP contribution in [0.3, 0.4) is 0 Å². The van der Waals surface area contributed by atoms with E-state index in [4.69, 9.17) is 11.6 Å². The second kappa shape index (κ2) is 16.2. The fourth-order valence-electron chi connectivity index (χ4n) is 5.49. The fraction of sp³-hybridized carbons (Fsp3) is 0.415. The molecule has 45 heavy (non-hydrogen) atoms. The van der Waals surface area contributed by atoms with Gasteiger partial charge in [-0.15, -0.1) is 46.2 Å². The zero-order valence-corrected chi connectivity index (χ0v) is 34.1. The molecule has 0 nitrogen and oxygen atoms in total. The van der Waals surface area contributed by atoms with Crippen LogP contribution in [0.4, 0.5) is 0 Å². The number of rotatable bonds is 1. The Morgan fingerprint density at radius 2 is 1.02 bits per heavy atom. The van der Waals surface area contributed by atoms with Gasteiger partial charge in [-0.25, -0.2) is 12.2 Å². The molecule has 4 heteroatoms. The van der Waals surface area contributed by atoms with E-state index in [2.05, 4.69) is 129 Å². The smallest absolute Gasteiger partial charge is 0.109 e. The van der Waals surface area contributed by atoms with E-state index in [1.165, 1.54) is 73.6 Å². The van der Waals surface area contributed by atoms with Crippen LogP contribution in [0.15, 0.2) is 72.8 Å². The summed E-state index contributed by atoms with van der Waals surface area (Å²) >= 11 is 7.08. The van der Waals surface area contributed by atoms with Crippen molar-refractivity contribution in [2.75, 3.05) is 0 Å². The molecule has 0 saturated heterocycles. The third kappa shape index (κ3) is 11.1. The first-order valence-electron chi connectivity index (χ1n) is 15.4. The summed E-state index contributed by atoms with van der Waals surface area (Å²) in [5.74, 6) is 0. The Morgan fingerprint density at radius 3 is 1.29 bits per heavy atom. The predicted molar refractivity (Wildman–Crippen MR) is 190 cm³/mol. The van der Waals surface area contributed by atoms with Crippen molar-refractivity contribution in [2.45, 2.75) is 111 Å². The van der Waals surface area contributed by atoms with Crippen molar-refractivity contribution in [2.24, 2.45) is 0 Å². The number of hydrogen-bond acceptors (Lipinski definition) is 0. The Hall–Kier alpha value is -1.37. The summed E-state index contributed by atoms with van der Waals surface area (Å²) < 4.78 is 2.13. The average molecular weight is 741 g/mol. The van der Waals surface area contributed by atoms with Crippen molar-refractivity contribution in [3.05, 3.63) is 112 Å². The van der Waals surface area contributed by atoms with Crippen LogP contribution in [0.2, 0.25) is 5.02 Å². The Labute approximate surface area is 306 Å². The first kappa shape index (κ1) is 41.7. The van der Waals surface area contributed by atoms with Crippen LogP contribution < -0.4 is 24.8 Å². The molecule has 5 rings (SSSR count). The summed E-state index contributed by atoms with van der Waals surface area (Å²) in [7, 11) is 0. The zero-order chi connectivity index (χ0) is 32.4. The van der Waals surface area contributed by atoms with E-state index in [9.17, 15) is 0 Å². The third-order valence-corrected chi connectivity index (χ3v) is 8.91. The number of halogens is 3. The molecule has 1 aliphatic carbocycles. The van der Waals surface area contributed by atoms with E-state index in [0.29, 0.717) is 0 Å². The summed E-state index contributed by atoms with van der Waals surface area (Å²) in [6, 6.07) is 20.1. The maximum atomic E-state index is 5.66. The summed E-state index contributed by atoms with van der Waals surface area (Å²) in [4.78, 5) is 0. The van der Waals surface area contributed by atoms with Crippen molar-refractivity contribution in [3.8, 4) is 0 Å². The minimum Gasteiger partial charge on any atom is -1.00 e. The van der Waals surface area contributed by atoms with E-state index < -0.39 is 0 Å². The van der Waals surface area contributed by atoms with Crippen molar-refractivity contribution in [1.29, 1.82) is 0 Å². The summed E-state index contributed by atoms with van der Waals surface area (Å²) in [5, 5.41) is 6.37. The van der Waals surface area contributed by atoms with Crippen molar-refractivity contribution in [3.63, 3.8) is 0 Å². The van der Waals surface area contributed by atoms with Gasteiger partial charge in [0.25, 0.3) is 0 Å². The van der Waals surface area contributed by atoms with Gasteiger partial charge in [-0.3, -0.25) is 6.08 Å². The Morgan fingerprint density at radius 1 is 0.644 bits per heavy atom. The average Bonchev–Trinajstić information content (AvgIpc) is 3.57. The molecule has 0 heterocycles. The first-order valence-corrected chi connectivity index (χ1v) is 17.2. The molecule has 0 saturated carbocycles. The maximum absolute atomic E-state index is 5.66. The van der Waals surface area contributed by atoms with E-state index in [1.807, 2.05) is 36.4 Å². The molecule has 0 aliphatic heterocycles. The fourth-order valence-corrected chi connectivity index (χ4v) is 6.09. The van der Waals surface area contributed by atoms with Gasteiger partial charge in [-0.1, -0.05) is 117 Å². The molecule has 4 aromatic rings. The first-order chi connectivity index (χ1) is 19.7. The van der Waals surface area contributed by atoms with Crippen LogP contribution >= 0.6 is 11.6 Å². The molecule has 0 unspecified atom stereocenters. The largest absolute Gasteiger partial charge is 1.00 e. The molecular formula is C41H51Cl3Zr-2. The van der Waals surface area contributed by atoms with E-state index in [1.54, 1.807) is 0 Å². The van der Waals surface area contributed by atoms with Gasteiger partial charge in [0, 0.05) is 0 Å². The second-order valence-electron chi connectivity index (χ2n) is 15.8. The second-order valence-corrected chi connectivity index (χ2v) is 17.0. The van der Waals surface area contributed by atoms with Gasteiger partial charge in [-0.05, 0) is 21.7 Å². The van der Waals surface area contributed by atoms with Gasteiger partial charge < -0.3 is 24.8 Å². The Balaban J connectivity index is 0.000000520. The van der Waals surface area contributed by atoms with Gasteiger partial charge >= 0.3 is 74.4 Å². The number of benzene rings is 3. The summed E-state index contributed by atoms with van der Waals surface area (Å²) in [5.41, 5.74) is 7.65. The van der Waals surface area contributed by atoms with Crippen molar-refractivity contribution in [1.82, 2.24) is 0 Å². The molecule has 242 valence electrons. The van der Waals surface area contributed by atoms with Gasteiger partial charge in [-0.2, -0.15) is 6.08 Å². The van der Waals surface area contributed by atoms with E-state index in [0.717, 1.165) is 11.4 Å². The van der Waals surface area contributed by atoms with Crippen LogP contribution in [-0.4, -0.2) is 3.71 Å². The predicted octanol–water partition coefficient (Wildman–Crippen LogP) is 6.25. The maximum Gasteiger partial charge on any atom is -0.109 e. The quantitative estimate of drug-likeness (QED) is 0.203. The van der Waals surface area contributed by atoms with Crippen LogP contribution in [-0.2, 0) is 45.9 Å². The third-order valence-electron chi connectivity index (χ3n) is 7.84. The Kier molecular flexibility index (Phi) is 15.0. The number of hydrogen-bond donors (Lipinski definition) is 0. The van der Waals surface area contributed by atoms with Crippen molar-refractivity contribution < 1.29 is 49.0 Å². The van der Waals surface area contributed by atoms with Crippen LogP contribution in [0.25, 0.3) is 21.5 Å².